The first-order chi connectivity index (χ1) is 16.4. The van der Waals surface area contributed by atoms with E-state index >= 15 is 0 Å². The van der Waals surface area contributed by atoms with Gasteiger partial charge in [-0.3, -0.25) is 9.59 Å². The van der Waals surface area contributed by atoms with Gasteiger partial charge in [-0.25, -0.2) is 4.79 Å². The van der Waals surface area contributed by atoms with Crippen LogP contribution in [0.5, 0.6) is 5.75 Å². The average molecular weight is 483 g/mol. The molecule has 3 aromatic rings. The number of carbonyl (C=O) groups is 3. The summed E-state index contributed by atoms with van der Waals surface area (Å²) in [6.07, 6.45) is 1.67. The third-order valence-corrected chi connectivity index (χ3v) is 6.02. The highest BCUT2D eigenvalue weighted by molar-refractivity contribution is 6.31. The number of aryl methyl sites for hydroxylation is 1. The fourth-order valence-electron chi connectivity index (χ4n) is 3.84. The minimum Gasteiger partial charge on any atom is -0.495 e. The number of esters is 1. The van der Waals surface area contributed by atoms with Crippen molar-refractivity contribution in [2.75, 3.05) is 19.0 Å². The fourth-order valence-corrected chi connectivity index (χ4v) is 3.99. The zero-order chi connectivity index (χ0) is 24.2. The number of ether oxygens (including phenoxy) is 2. The molecule has 8 nitrogen and oxygen atoms in total. The van der Waals surface area contributed by atoms with Gasteiger partial charge < -0.3 is 24.1 Å². The number of nitrogens with zero attached hydrogens (tertiary/aromatic N) is 1. The van der Waals surface area contributed by atoms with Crippen LogP contribution in [0.25, 0.3) is 0 Å². The molecule has 1 unspecified atom stereocenters. The summed E-state index contributed by atoms with van der Waals surface area (Å²) in [6, 6.07) is 13.1. The lowest BCUT2D eigenvalue weighted by atomic mass is 9.93. The molecule has 4 rings (SSSR count). The van der Waals surface area contributed by atoms with E-state index in [1.54, 1.807) is 31.2 Å². The molecule has 0 fully saturated rings. The monoisotopic (exact) mass is 482 g/mol. The maximum absolute atomic E-state index is 13.0. The van der Waals surface area contributed by atoms with Crippen LogP contribution in [0, 0.1) is 6.92 Å². The quantitative estimate of drug-likeness (QED) is 0.533. The van der Waals surface area contributed by atoms with E-state index < -0.39 is 30.4 Å². The SMILES string of the molecule is COc1cc(Cl)c(C)cc1NC(=O)COC(=O)C1Cc2ccccc2CN1C(=O)c1ccco1. The summed E-state index contributed by atoms with van der Waals surface area (Å²) >= 11 is 6.10. The summed E-state index contributed by atoms with van der Waals surface area (Å²) in [5, 5.41) is 3.16. The van der Waals surface area contributed by atoms with Crippen molar-refractivity contribution in [3.63, 3.8) is 0 Å². The summed E-state index contributed by atoms with van der Waals surface area (Å²) < 4.78 is 15.8. The molecular weight excluding hydrogens is 460 g/mol. The van der Waals surface area contributed by atoms with Gasteiger partial charge in [-0.15, -0.1) is 0 Å². The van der Waals surface area contributed by atoms with Gasteiger partial charge in [-0.05, 0) is 41.8 Å². The Morgan fingerprint density at radius 3 is 2.62 bits per heavy atom. The van der Waals surface area contributed by atoms with Crippen LogP contribution < -0.4 is 10.1 Å². The number of amides is 2. The lowest BCUT2D eigenvalue weighted by Crippen LogP contribution is -2.49. The second-order valence-electron chi connectivity index (χ2n) is 7.86. The first-order valence-corrected chi connectivity index (χ1v) is 11.0. The van der Waals surface area contributed by atoms with Crippen LogP contribution in [0.15, 0.2) is 59.2 Å². The van der Waals surface area contributed by atoms with E-state index in [0.717, 1.165) is 16.7 Å². The van der Waals surface area contributed by atoms with Crippen LogP contribution in [-0.2, 0) is 27.3 Å². The Hall–Kier alpha value is -3.78. The van der Waals surface area contributed by atoms with Crippen LogP contribution in [-0.4, -0.2) is 42.4 Å². The van der Waals surface area contributed by atoms with E-state index in [1.165, 1.54) is 18.3 Å². The number of halogens is 1. The van der Waals surface area contributed by atoms with E-state index in [1.807, 2.05) is 24.3 Å². The van der Waals surface area contributed by atoms with E-state index in [2.05, 4.69) is 5.32 Å². The molecule has 1 aliphatic rings. The third-order valence-electron chi connectivity index (χ3n) is 5.61. The highest BCUT2D eigenvalue weighted by atomic mass is 35.5. The Bertz CT molecular complexity index is 1220. The van der Waals surface area contributed by atoms with Gasteiger partial charge in [0.2, 0.25) is 0 Å². The van der Waals surface area contributed by atoms with Gasteiger partial charge in [0.1, 0.15) is 11.8 Å². The summed E-state index contributed by atoms with van der Waals surface area (Å²) in [6.45, 7) is 1.50. The number of methoxy groups -OCH3 is 1. The number of hydrogen-bond donors (Lipinski definition) is 1. The van der Waals surface area contributed by atoms with Crippen LogP contribution in [0.2, 0.25) is 5.02 Å². The Kier molecular flexibility index (Phi) is 6.88. The average Bonchev–Trinajstić information content (AvgIpc) is 3.38. The topological polar surface area (TPSA) is 98.1 Å². The number of nitrogens with one attached hydrogen (secondary N) is 1. The fraction of sp³-hybridized carbons (Fsp3) is 0.240. The smallest absolute Gasteiger partial charge is 0.329 e. The Balaban J connectivity index is 1.47. The molecule has 9 heteroatoms. The summed E-state index contributed by atoms with van der Waals surface area (Å²) in [5.41, 5.74) is 3.04. The Morgan fingerprint density at radius 2 is 1.91 bits per heavy atom. The minimum absolute atomic E-state index is 0.125. The Morgan fingerprint density at radius 1 is 1.15 bits per heavy atom. The molecule has 0 radical (unpaired) electrons. The van der Waals surface area contributed by atoms with Crippen molar-refractivity contribution in [1.29, 1.82) is 0 Å². The zero-order valence-electron chi connectivity index (χ0n) is 18.7. The predicted octanol–water partition coefficient (Wildman–Crippen LogP) is 4.00. The molecule has 34 heavy (non-hydrogen) atoms. The molecule has 0 spiro atoms. The molecule has 0 saturated carbocycles. The van der Waals surface area contributed by atoms with Gasteiger partial charge in [0.05, 0.1) is 19.1 Å². The van der Waals surface area contributed by atoms with Crippen molar-refractivity contribution >= 4 is 35.1 Å². The van der Waals surface area contributed by atoms with Crippen molar-refractivity contribution in [3.8, 4) is 5.75 Å². The van der Waals surface area contributed by atoms with Gasteiger partial charge in [0.25, 0.3) is 11.8 Å². The number of rotatable bonds is 6. The number of hydrogen-bond acceptors (Lipinski definition) is 6. The molecule has 2 heterocycles. The molecule has 1 N–H and O–H groups in total. The van der Waals surface area contributed by atoms with Crippen LogP contribution in [0.3, 0.4) is 0 Å². The molecule has 1 aliphatic heterocycles. The van der Waals surface area contributed by atoms with Gasteiger partial charge in [-0.2, -0.15) is 0 Å². The van der Waals surface area contributed by atoms with Crippen LogP contribution in [0.4, 0.5) is 5.69 Å². The standard InChI is InChI=1S/C25H23ClN2O6/c1-15-10-19(22(32-2)12-18(15)26)27-23(29)14-34-25(31)20-11-16-6-3-4-7-17(16)13-28(20)24(30)21-8-5-9-33-21/h3-10,12,20H,11,13-14H2,1-2H3,(H,27,29). The lowest BCUT2D eigenvalue weighted by Gasteiger charge is -2.34. The van der Waals surface area contributed by atoms with Crippen LogP contribution in [0.1, 0.15) is 27.2 Å². The third kappa shape index (κ3) is 4.92. The summed E-state index contributed by atoms with van der Waals surface area (Å²) in [4.78, 5) is 39.9. The van der Waals surface area contributed by atoms with Gasteiger partial charge >= 0.3 is 5.97 Å². The van der Waals surface area contributed by atoms with Crippen molar-refractivity contribution in [3.05, 3.63) is 82.3 Å². The van der Waals surface area contributed by atoms with Gasteiger partial charge in [0, 0.05) is 24.1 Å². The number of carbonyl (C=O) groups excluding carboxylic acids is 3. The first-order valence-electron chi connectivity index (χ1n) is 10.6. The lowest BCUT2D eigenvalue weighted by molar-refractivity contribution is -0.152. The number of fused-ring (bicyclic) bond motifs is 1. The summed E-state index contributed by atoms with van der Waals surface area (Å²) in [5.74, 6) is -1.14. The van der Waals surface area contributed by atoms with Crippen molar-refractivity contribution in [2.24, 2.45) is 0 Å². The largest absolute Gasteiger partial charge is 0.495 e. The first kappa shape index (κ1) is 23.4. The molecule has 1 aromatic heterocycles. The number of benzene rings is 2. The highest BCUT2D eigenvalue weighted by Gasteiger charge is 2.37. The maximum atomic E-state index is 13.0. The van der Waals surface area contributed by atoms with E-state index in [9.17, 15) is 14.4 Å². The van der Waals surface area contributed by atoms with Crippen molar-refractivity contribution in [2.45, 2.75) is 25.9 Å². The molecule has 2 amide bonds. The maximum Gasteiger partial charge on any atom is 0.329 e. The van der Waals surface area contributed by atoms with E-state index in [0.29, 0.717) is 16.5 Å². The van der Waals surface area contributed by atoms with E-state index in [-0.39, 0.29) is 18.7 Å². The normalized spacial score (nSPS) is 14.8. The van der Waals surface area contributed by atoms with Crippen molar-refractivity contribution < 1.29 is 28.3 Å². The molecule has 0 saturated heterocycles. The molecule has 0 aliphatic carbocycles. The molecular formula is C25H23ClN2O6. The second kappa shape index (κ2) is 10.0. The van der Waals surface area contributed by atoms with Crippen molar-refractivity contribution in [1.82, 2.24) is 4.90 Å². The van der Waals surface area contributed by atoms with Gasteiger partial charge in [-0.1, -0.05) is 35.9 Å². The molecule has 176 valence electrons. The Labute approximate surface area is 201 Å². The van der Waals surface area contributed by atoms with Gasteiger partial charge in [0.15, 0.2) is 12.4 Å². The number of anilines is 1. The second-order valence-corrected chi connectivity index (χ2v) is 8.26. The van der Waals surface area contributed by atoms with Crippen LogP contribution >= 0.6 is 11.6 Å². The number of furan rings is 1. The molecule has 2 aromatic carbocycles. The molecule has 0 bridgehead atoms. The molecule has 1 atom stereocenters. The zero-order valence-corrected chi connectivity index (χ0v) is 19.4. The highest BCUT2D eigenvalue weighted by Crippen LogP contribution is 2.31. The van der Waals surface area contributed by atoms with E-state index in [4.69, 9.17) is 25.5 Å². The predicted molar refractivity (Wildman–Crippen MR) is 125 cm³/mol. The minimum atomic E-state index is -0.896. The summed E-state index contributed by atoms with van der Waals surface area (Å²) in [7, 11) is 1.46.